The second-order valence-corrected chi connectivity index (χ2v) is 11.8. The standard InChI is InChI=1S/C30H34N4O6S/c1-21-18-34(22(2)20-35)41(37,38)29-11-10-24(9-8-23-12-14-31-15-13-23)16-27(29)40-28(21)19-33(3)30(36)32-25-6-5-7-26(17-25)39-4/h5-7,10-17,21-22,28,35H,18-20H2,1-4H3,(H,32,36)/t21-,22-,28+/m0/s1. The second-order valence-electron chi connectivity index (χ2n) is 9.93. The molecule has 0 bridgehead atoms. The molecule has 11 heteroatoms. The molecule has 3 atom stereocenters. The molecule has 10 nitrogen and oxygen atoms in total. The number of nitrogens with zero attached hydrogens (tertiary/aromatic N) is 3. The van der Waals surface area contributed by atoms with Crippen molar-refractivity contribution >= 4 is 21.7 Å². The molecule has 0 saturated carbocycles. The monoisotopic (exact) mass is 578 g/mol. The highest BCUT2D eigenvalue weighted by Crippen LogP contribution is 2.34. The Morgan fingerprint density at radius 3 is 2.63 bits per heavy atom. The van der Waals surface area contributed by atoms with Crippen LogP contribution in [0.25, 0.3) is 0 Å². The summed E-state index contributed by atoms with van der Waals surface area (Å²) >= 11 is 0. The first-order chi connectivity index (χ1) is 19.6. The minimum atomic E-state index is -4.00. The zero-order valence-electron chi connectivity index (χ0n) is 23.4. The number of sulfonamides is 1. The van der Waals surface area contributed by atoms with Crippen molar-refractivity contribution in [2.24, 2.45) is 5.92 Å². The van der Waals surface area contributed by atoms with Crippen LogP contribution in [0.3, 0.4) is 0 Å². The zero-order valence-corrected chi connectivity index (χ0v) is 24.3. The first-order valence-corrected chi connectivity index (χ1v) is 14.6. The summed E-state index contributed by atoms with van der Waals surface area (Å²) in [6, 6.07) is 14.3. The molecule has 0 spiro atoms. The van der Waals surface area contributed by atoms with Crippen molar-refractivity contribution in [3.63, 3.8) is 0 Å². The van der Waals surface area contributed by atoms with Gasteiger partial charge >= 0.3 is 6.03 Å². The number of aromatic nitrogens is 1. The number of benzene rings is 2. The van der Waals surface area contributed by atoms with Crippen LogP contribution in [0.5, 0.6) is 11.5 Å². The van der Waals surface area contributed by atoms with Crippen molar-refractivity contribution in [3.05, 3.63) is 78.1 Å². The van der Waals surface area contributed by atoms with E-state index in [1.165, 1.54) is 15.3 Å². The van der Waals surface area contributed by atoms with Gasteiger partial charge in [0.1, 0.15) is 22.5 Å². The van der Waals surface area contributed by atoms with Gasteiger partial charge in [0.2, 0.25) is 10.0 Å². The predicted octanol–water partition coefficient (Wildman–Crippen LogP) is 3.42. The average molecular weight is 579 g/mol. The number of carbonyl (C=O) groups is 1. The summed E-state index contributed by atoms with van der Waals surface area (Å²) in [6.07, 6.45) is 2.72. The van der Waals surface area contributed by atoms with Gasteiger partial charge in [-0.1, -0.05) is 24.8 Å². The summed E-state index contributed by atoms with van der Waals surface area (Å²) in [4.78, 5) is 18.5. The number of rotatable bonds is 6. The van der Waals surface area contributed by atoms with Crippen LogP contribution in [0.4, 0.5) is 10.5 Å². The lowest BCUT2D eigenvalue weighted by Gasteiger charge is -2.37. The number of nitrogens with one attached hydrogen (secondary N) is 1. The number of pyridine rings is 1. The molecule has 216 valence electrons. The third-order valence-electron chi connectivity index (χ3n) is 6.82. The van der Waals surface area contributed by atoms with Crippen LogP contribution in [0.1, 0.15) is 25.0 Å². The van der Waals surface area contributed by atoms with Gasteiger partial charge in [-0.25, -0.2) is 13.2 Å². The third kappa shape index (κ3) is 7.16. The largest absolute Gasteiger partial charge is 0.497 e. The van der Waals surface area contributed by atoms with Crippen molar-refractivity contribution < 1.29 is 27.8 Å². The summed E-state index contributed by atoms with van der Waals surface area (Å²) in [5, 5.41) is 12.7. The fourth-order valence-electron chi connectivity index (χ4n) is 4.37. The van der Waals surface area contributed by atoms with Crippen LogP contribution in [-0.4, -0.2) is 79.7 Å². The van der Waals surface area contributed by atoms with Crippen molar-refractivity contribution in [3.8, 4) is 23.3 Å². The molecular weight excluding hydrogens is 544 g/mol. The van der Waals surface area contributed by atoms with Gasteiger partial charge in [-0.15, -0.1) is 0 Å². The first-order valence-electron chi connectivity index (χ1n) is 13.1. The van der Waals surface area contributed by atoms with E-state index in [1.807, 2.05) is 6.92 Å². The average Bonchev–Trinajstić information content (AvgIpc) is 2.97. The van der Waals surface area contributed by atoms with E-state index in [1.54, 1.807) is 82.0 Å². The molecule has 1 aliphatic rings. The highest BCUT2D eigenvalue weighted by atomic mass is 32.2. The fraction of sp³-hybridized carbons (Fsp3) is 0.333. The Hall–Kier alpha value is -4.11. The van der Waals surface area contributed by atoms with E-state index in [-0.39, 0.29) is 42.3 Å². The fourth-order valence-corrected chi connectivity index (χ4v) is 6.20. The Kier molecular flexibility index (Phi) is 9.50. The normalized spacial score (nSPS) is 18.8. The molecule has 4 rings (SSSR count). The molecule has 1 aliphatic heterocycles. The van der Waals surface area contributed by atoms with E-state index in [4.69, 9.17) is 9.47 Å². The Bertz CT molecular complexity index is 1540. The van der Waals surface area contributed by atoms with E-state index in [9.17, 15) is 18.3 Å². The molecule has 2 aromatic carbocycles. The van der Waals surface area contributed by atoms with E-state index in [0.717, 1.165) is 5.56 Å². The smallest absolute Gasteiger partial charge is 0.321 e. The molecule has 0 fully saturated rings. The molecule has 1 aromatic heterocycles. The molecule has 2 amide bonds. The van der Waals surface area contributed by atoms with Gasteiger partial charge in [-0.3, -0.25) is 4.98 Å². The minimum absolute atomic E-state index is 0.0207. The number of ether oxygens (including phenoxy) is 2. The molecule has 3 aromatic rings. The maximum absolute atomic E-state index is 13.7. The molecular formula is C30H34N4O6S. The van der Waals surface area contributed by atoms with Gasteiger partial charge in [0.05, 0.1) is 20.3 Å². The molecule has 41 heavy (non-hydrogen) atoms. The lowest BCUT2D eigenvalue weighted by Crippen LogP contribution is -2.50. The van der Waals surface area contributed by atoms with Crippen LogP contribution in [0.2, 0.25) is 0 Å². The number of urea groups is 1. The number of hydrogen-bond acceptors (Lipinski definition) is 7. The van der Waals surface area contributed by atoms with Crippen LogP contribution >= 0.6 is 0 Å². The number of aliphatic hydroxyl groups is 1. The lowest BCUT2D eigenvalue weighted by atomic mass is 10.0. The van der Waals surface area contributed by atoms with Gasteiger partial charge in [0.15, 0.2) is 0 Å². The Morgan fingerprint density at radius 1 is 1.20 bits per heavy atom. The van der Waals surface area contributed by atoms with Crippen molar-refractivity contribution in [1.82, 2.24) is 14.2 Å². The molecule has 0 aliphatic carbocycles. The number of aliphatic hydroxyl groups excluding tert-OH is 1. The number of carbonyl (C=O) groups excluding carboxylic acids is 1. The number of amides is 2. The third-order valence-corrected chi connectivity index (χ3v) is 8.84. The number of hydrogen-bond donors (Lipinski definition) is 2. The van der Waals surface area contributed by atoms with Gasteiger partial charge in [0.25, 0.3) is 0 Å². The molecule has 0 saturated heterocycles. The zero-order chi connectivity index (χ0) is 29.6. The van der Waals surface area contributed by atoms with E-state index in [2.05, 4.69) is 22.1 Å². The predicted molar refractivity (Wildman–Crippen MR) is 155 cm³/mol. The van der Waals surface area contributed by atoms with Crippen molar-refractivity contribution in [1.29, 1.82) is 0 Å². The van der Waals surface area contributed by atoms with Gasteiger partial charge in [-0.05, 0) is 49.4 Å². The quantitative estimate of drug-likeness (QED) is 0.430. The molecule has 2 N–H and O–H groups in total. The first kappa shape index (κ1) is 29.9. The Morgan fingerprint density at radius 2 is 1.93 bits per heavy atom. The van der Waals surface area contributed by atoms with Crippen LogP contribution in [0.15, 0.2) is 71.9 Å². The van der Waals surface area contributed by atoms with Crippen molar-refractivity contribution in [2.45, 2.75) is 30.9 Å². The van der Waals surface area contributed by atoms with Crippen LogP contribution in [-0.2, 0) is 10.0 Å². The van der Waals surface area contributed by atoms with Crippen LogP contribution in [0, 0.1) is 17.8 Å². The van der Waals surface area contributed by atoms with E-state index < -0.39 is 22.2 Å². The maximum atomic E-state index is 13.7. The molecule has 0 unspecified atom stereocenters. The summed E-state index contributed by atoms with van der Waals surface area (Å²) < 4.78 is 40.3. The maximum Gasteiger partial charge on any atom is 0.321 e. The summed E-state index contributed by atoms with van der Waals surface area (Å²) in [5.41, 5.74) is 1.90. The molecule has 0 radical (unpaired) electrons. The van der Waals surface area contributed by atoms with Gasteiger partial charge < -0.3 is 24.8 Å². The van der Waals surface area contributed by atoms with Gasteiger partial charge in [-0.2, -0.15) is 4.31 Å². The Balaban J connectivity index is 1.65. The number of anilines is 1. The number of methoxy groups -OCH3 is 1. The number of likely N-dealkylation sites (N-methyl/N-ethyl adjacent to an activating group) is 1. The summed E-state index contributed by atoms with van der Waals surface area (Å²) in [7, 11) is -0.802. The highest BCUT2D eigenvalue weighted by molar-refractivity contribution is 7.89. The number of fused-ring (bicyclic) bond motifs is 1. The SMILES string of the molecule is COc1cccc(NC(=O)N(C)C[C@H]2Oc3cc(C#Cc4ccncc4)ccc3S(=O)(=O)N([C@@H](C)CO)C[C@@H]2C)c1. The topological polar surface area (TPSA) is 121 Å². The van der Waals surface area contributed by atoms with Gasteiger partial charge in [0, 0.05) is 60.8 Å². The highest BCUT2D eigenvalue weighted by Gasteiger charge is 2.38. The summed E-state index contributed by atoms with van der Waals surface area (Å²) in [6.45, 7) is 3.45. The van der Waals surface area contributed by atoms with E-state index in [0.29, 0.717) is 17.0 Å². The van der Waals surface area contributed by atoms with E-state index >= 15 is 0 Å². The van der Waals surface area contributed by atoms with Crippen molar-refractivity contribution in [2.75, 3.05) is 39.2 Å². The Labute approximate surface area is 241 Å². The van der Waals surface area contributed by atoms with Crippen LogP contribution < -0.4 is 14.8 Å². The summed E-state index contributed by atoms with van der Waals surface area (Å²) in [5.74, 6) is 6.52. The minimum Gasteiger partial charge on any atom is -0.497 e. The second kappa shape index (κ2) is 13.0. The lowest BCUT2D eigenvalue weighted by molar-refractivity contribution is 0.0830. The molecule has 2 heterocycles.